The second-order valence-corrected chi connectivity index (χ2v) is 3.35. The lowest BCUT2D eigenvalue weighted by Crippen LogP contribution is -2.00. The Kier molecular flexibility index (Phi) is 3.84. The van der Waals surface area contributed by atoms with Gasteiger partial charge in [0.1, 0.15) is 6.61 Å². The second kappa shape index (κ2) is 4.95. The zero-order chi connectivity index (χ0) is 8.81. The third-order valence-electron chi connectivity index (χ3n) is 1.24. The largest absolute Gasteiger partial charge is 0.376 e. The van der Waals surface area contributed by atoms with Crippen LogP contribution < -0.4 is 0 Å². The van der Waals surface area contributed by atoms with Crippen molar-refractivity contribution >= 4 is 16.9 Å². The van der Waals surface area contributed by atoms with E-state index in [1.54, 1.807) is 0 Å². The highest BCUT2D eigenvalue weighted by atomic mass is 32.2. The smallest absolute Gasteiger partial charge is 0.219 e. The van der Waals surface area contributed by atoms with Crippen molar-refractivity contribution in [1.29, 1.82) is 0 Å². The molecule has 0 amide bonds. The maximum Gasteiger partial charge on any atom is 0.219 e. The Balaban J connectivity index is 2.47. The van der Waals surface area contributed by atoms with Crippen molar-refractivity contribution in [3.05, 3.63) is 30.3 Å². The number of rotatable bonds is 3. The second-order valence-electron chi connectivity index (χ2n) is 2.22. The van der Waals surface area contributed by atoms with Gasteiger partial charge in [-0.3, -0.25) is 4.79 Å². The molecular weight excluding hydrogens is 172 g/mol. The molecule has 1 aromatic carbocycles. The normalized spacial score (nSPS) is 9.75. The number of carbonyl (C=O) groups excluding carboxylic acids is 1. The molecule has 0 saturated heterocycles. The van der Waals surface area contributed by atoms with Crippen LogP contribution in [0.25, 0.3) is 0 Å². The van der Waals surface area contributed by atoms with E-state index in [1.807, 2.05) is 30.3 Å². The maximum absolute atomic E-state index is 11.1. The average Bonchev–Trinajstić information content (AvgIpc) is 2.06. The van der Waals surface area contributed by atoms with Crippen molar-refractivity contribution in [3.63, 3.8) is 0 Å². The van der Waals surface area contributed by atoms with Gasteiger partial charge < -0.3 is 4.74 Å². The third kappa shape index (κ3) is 3.07. The Bertz CT molecular complexity index is 246. The summed E-state index contributed by atoms with van der Waals surface area (Å²) in [7, 11) is 1.52. The van der Waals surface area contributed by atoms with Crippen LogP contribution >= 0.6 is 11.8 Å². The summed E-state index contributed by atoms with van der Waals surface area (Å²) in [4.78, 5) is 12.0. The lowest BCUT2D eigenvalue weighted by atomic mass is 10.4. The molecule has 0 heterocycles. The van der Waals surface area contributed by atoms with Crippen molar-refractivity contribution in [2.75, 3.05) is 13.7 Å². The predicted octanol–water partition coefficient (Wildman–Crippen LogP) is 1.95. The molecule has 0 aliphatic rings. The van der Waals surface area contributed by atoms with Crippen molar-refractivity contribution in [2.24, 2.45) is 0 Å². The minimum absolute atomic E-state index is 0.0312. The van der Waals surface area contributed by atoms with E-state index in [1.165, 1.54) is 18.9 Å². The molecule has 64 valence electrons. The first kappa shape index (κ1) is 9.29. The van der Waals surface area contributed by atoms with Crippen LogP contribution in [-0.2, 0) is 9.53 Å². The summed E-state index contributed by atoms with van der Waals surface area (Å²) in [5.41, 5.74) is 0. The Morgan fingerprint density at radius 1 is 1.42 bits per heavy atom. The summed E-state index contributed by atoms with van der Waals surface area (Å²) in [5.74, 6) is 0. The Morgan fingerprint density at radius 2 is 2.08 bits per heavy atom. The fourth-order valence-electron chi connectivity index (χ4n) is 0.767. The van der Waals surface area contributed by atoms with Gasteiger partial charge in [-0.15, -0.1) is 0 Å². The number of thioether (sulfide) groups is 1. The van der Waals surface area contributed by atoms with Gasteiger partial charge in [-0.25, -0.2) is 0 Å². The average molecular weight is 182 g/mol. The molecule has 3 heteroatoms. The van der Waals surface area contributed by atoms with E-state index in [2.05, 4.69) is 0 Å². The Labute approximate surface area is 75.9 Å². The highest BCUT2D eigenvalue weighted by molar-refractivity contribution is 8.13. The van der Waals surface area contributed by atoms with E-state index >= 15 is 0 Å². The number of hydrogen-bond donors (Lipinski definition) is 0. The first-order valence-electron chi connectivity index (χ1n) is 3.57. The SMILES string of the molecule is COCC(=O)Sc1ccccc1. The highest BCUT2D eigenvalue weighted by Gasteiger charge is 2.02. The van der Waals surface area contributed by atoms with Crippen LogP contribution in [0.3, 0.4) is 0 Å². The molecule has 0 saturated carbocycles. The van der Waals surface area contributed by atoms with Gasteiger partial charge in [-0.2, -0.15) is 0 Å². The fraction of sp³-hybridized carbons (Fsp3) is 0.222. The summed E-state index contributed by atoms with van der Waals surface area (Å²) in [6.45, 7) is 0.166. The van der Waals surface area contributed by atoms with E-state index in [-0.39, 0.29) is 11.7 Å². The van der Waals surface area contributed by atoms with Gasteiger partial charge in [0.25, 0.3) is 0 Å². The van der Waals surface area contributed by atoms with Crippen molar-refractivity contribution in [2.45, 2.75) is 4.90 Å². The molecule has 0 aromatic heterocycles. The number of carbonyl (C=O) groups is 1. The zero-order valence-corrected chi connectivity index (χ0v) is 7.64. The minimum Gasteiger partial charge on any atom is -0.376 e. The zero-order valence-electron chi connectivity index (χ0n) is 6.82. The van der Waals surface area contributed by atoms with Gasteiger partial charge in [-0.05, 0) is 23.9 Å². The molecule has 0 aliphatic carbocycles. The topological polar surface area (TPSA) is 26.3 Å². The molecule has 0 atom stereocenters. The number of methoxy groups -OCH3 is 1. The van der Waals surface area contributed by atoms with Gasteiger partial charge in [0.15, 0.2) is 0 Å². The molecule has 0 fully saturated rings. The van der Waals surface area contributed by atoms with Crippen LogP contribution in [0.2, 0.25) is 0 Å². The van der Waals surface area contributed by atoms with Crippen LogP contribution in [0.1, 0.15) is 0 Å². The van der Waals surface area contributed by atoms with E-state index in [4.69, 9.17) is 4.74 Å². The van der Waals surface area contributed by atoms with E-state index < -0.39 is 0 Å². The van der Waals surface area contributed by atoms with Crippen LogP contribution in [0, 0.1) is 0 Å². The van der Waals surface area contributed by atoms with Crippen LogP contribution in [-0.4, -0.2) is 18.8 Å². The molecule has 0 N–H and O–H groups in total. The van der Waals surface area contributed by atoms with Crippen LogP contribution in [0.4, 0.5) is 0 Å². The first-order chi connectivity index (χ1) is 5.83. The van der Waals surface area contributed by atoms with E-state index in [0.29, 0.717) is 0 Å². The summed E-state index contributed by atoms with van der Waals surface area (Å²) in [5, 5.41) is 0.0312. The van der Waals surface area contributed by atoms with Gasteiger partial charge in [0, 0.05) is 12.0 Å². The molecule has 0 unspecified atom stereocenters. The standard InChI is InChI=1S/C9H10O2S/c1-11-7-9(10)12-8-5-3-2-4-6-8/h2-6H,7H2,1H3. The van der Waals surface area contributed by atoms with Crippen molar-refractivity contribution in [3.8, 4) is 0 Å². The summed E-state index contributed by atoms with van der Waals surface area (Å²) >= 11 is 1.20. The number of hydrogen-bond acceptors (Lipinski definition) is 3. The molecule has 2 nitrogen and oxygen atoms in total. The van der Waals surface area contributed by atoms with Gasteiger partial charge in [0.2, 0.25) is 5.12 Å². The van der Waals surface area contributed by atoms with Crippen LogP contribution in [0.15, 0.2) is 35.2 Å². The molecule has 0 aliphatic heterocycles. The molecule has 12 heavy (non-hydrogen) atoms. The Morgan fingerprint density at radius 3 is 2.67 bits per heavy atom. The van der Waals surface area contributed by atoms with Gasteiger partial charge >= 0.3 is 0 Å². The van der Waals surface area contributed by atoms with Gasteiger partial charge in [-0.1, -0.05) is 18.2 Å². The van der Waals surface area contributed by atoms with Crippen molar-refractivity contribution < 1.29 is 9.53 Å². The van der Waals surface area contributed by atoms with Gasteiger partial charge in [0.05, 0.1) is 0 Å². The summed E-state index contributed by atoms with van der Waals surface area (Å²) in [6, 6.07) is 9.53. The molecule has 0 bridgehead atoms. The minimum atomic E-state index is 0.0312. The maximum atomic E-state index is 11.1. The van der Waals surface area contributed by atoms with E-state index in [9.17, 15) is 4.79 Å². The molecule has 1 rings (SSSR count). The molecule has 1 aromatic rings. The highest BCUT2D eigenvalue weighted by Crippen LogP contribution is 2.17. The number of benzene rings is 1. The quantitative estimate of drug-likeness (QED) is 0.668. The fourth-order valence-corrected chi connectivity index (χ4v) is 1.50. The number of ether oxygens (including phenoxy) is 1. The van der Waals surface area contributed by atoms with Crippen LogP contribution in [0.5, 0.6) is 0 Å². The molecule has 0 radical (unpaired) electrons. The molecular formula is C9H10O2S. The third-order valence-corrected chi connectivity index (χ3v) is 2.09. The lowest BCUT2D eigenvalue weighted by molar-refractivity contribution is -0.114. The first-order valence-corrected chi connectivity index (χ1v) is 4.39. The summed E-state index contributed by atoms with van der Waals surface area (Å²) in [6.07, 6.45) is 0. The van der Waals surface area contributed by atoms with E-state index in [0.717, 1.165) is 4.90 Å². The monoisotopic (exact) mass is 182 g/mol. The lowest BCUT2D eigenvalue weighted by Gasteiger charge is -1.97. The molecule has 0 spiro atoms. The predicted molar refractivity (Wildman–Crippen MR) is 49.2 cm³/mol. The summed E-state index contributed by atoms with van der Waals surface area (Å²) < 4.78 is 4.71. The van der Waals surface area contributed by atoms with Crippen molar-refractivity contribution in [1.82, 2.24) is 0 Å². The Hall–Kier alpha value is -0.800.